The second kappa shape index (κ2) is 8.67. The minimum absolute atomic E-state index is 0.123. The highest BCUT2D eigenvalue weighted by molar-refractivity contribution is 5.69. The molecule has 1 aliphatic rings. The molecule has 1 aromatic carbocycles. The van der Waals surface area contributed by atoms with Crippen molar-refractivity contribution in [2.75, 3.05) is 26.7 Å². The van der Waals surface area contributed by atoms with Crippen molar-refractivity contribution in [3.63, 3.8) is 0 Å². The zero-order chi connectivity index (χ0) is 19.4. The predicted octanol–water partition coefficient (Wildman–Crippen LogP) is 2.86. The monoisotopic (exact) mass is 370 g/mol. The smallest absolute Gasteiger partial charge is 0.317 e. The molecule has 0 radical (unpaired) electrons. The molecule has 1 saturated heterocycles. The van der Waals surface area contributed by atoms with Crippen molar-refractivity contribution < 1.29 is 9.90 Å². The van der Waals surface area contributed by atoms with Gasteiger partial charge in [-0.15, -0.1) is 0 Å². The maximum atomic E-state index is 10.9. The van der Waals surface area contributed by atoms with Crippen LogP contribution in [0.2, 0.25) is 0 Å². The number of aliphatic carboxylic acids is 1. The van der Waals surface area contributed by atoms with Crippen LogP contribution in [0, 0.1) is 13.8 Å². The molecule has 3 rings (SSSR count). The summed E-state index contributed by atoms with van der Waals surface area (Å²) in [5.74, 6) is -0.749. The van der Waals surface area contributed by atoms with Crippen molar-refractivity contribution >= 4 is 5.97 Å². The van der Waals surface area contributed by atoms with E-state index in [9.17, 15) is 4.79 Å². The second-order valence-corrected chi connectivity index (χ2v) is 7.68. The average molecular weight is 370 g/mol. The molecule has 2 aromatic rings. The van der Waals surface area contributed by atoms with Crippen molar-refractivity contribution in [3.05, 3.63) is 47.3 Å². The number of likely N-dealkylation sites (N-methyl/N-ethyl adjacent to an activating group) is 1. The van der Waals surface area contributed by atoms with Gasteiger partial charge in [-0.25, -0.2) is 4.68 Å². The molecular formula is C21H30N4O2. The Kier molecular flexibility index (Phi) is 6.29. The molecule has 1 N–H and O–H groups in total. The number of likely N-dealkylation sites (tertiary alicyclic amines) is 1. The van der Waals surface area contributed by atoms with Crippen molar-refractivity contribution in [1.29, 1.82) is 0 Å². The Morgan fingerprint density at radius 1 is 1.22 bits per heavy atom. The highest BCUT2D eigenvalue weighted by Crippen LogP contribution is 2.19. The molecule has 6 nitrogen and oxygen atoms in total. The van der Waals surface area contributed by atoms with Crippen LogP contribution in [0.5, 0.6) is 0 Å². The summed E-state index contributed by atoms with van der Waals surface area (Å²) in [4.78, 5) is 15.4. The fraction of sp³-hybridized carbons (Fsp3) is 0.524. The van der Waals surface area contributed by atoms with E-state index < -0.39 is 5.97 Å². The lowest BCUT2D eigenvalue weighted by Gasteiger charge is -2.25. The quantitative estimate of drug-likeness (QED) is 0.847. The predicted molar refractivity (Wildman–Crippen MR) is 106 cm³/mol. The van der Waals surface area contributed by atoms with Crippen molar-refractivity contribution in [3.8, 4) is 5.69 Å². The van der Waals surface area contributed by atoms with E-state index in [0.717, 1.165) is 56.0 Å². The van der Waals surface area contributed by atoms with Crippen LogP contribution in [0.25, 0.3) is 5.69 Å². The van der Waals surface area contributed by atoms with Crippen LogP contribution in [-0.4, -0.2) is 63.4 Å². The number of carboxylic acids is 1. The average Bonchev–Trinajstić information content (AvgIpc) is 2.81. The van der Waals surface area contributed by atoms with Gasteiger partial charge in [-0.1, -0.05) is 12.1 Å². The minimum atomic E-state index is -0.749. The van der Waals surface area contributed by atoms with E-state index in [1.165, 1.54) is 5.56 Å². The van der Waals surface area contributed by atoms with E-state index in [1.54, 1.807) is 0 Å². The number of hydrogen-bond acceptors (Lipinski definition) is 4. The Hall–Kier alpha value is -2.18. The van der Waals surface area contributed by atoms with Crippen LogP contribution in [-0.2, 0) is 11.3 Å². The SMILES string of the molecule is Cc1cc(C)n(-c2ccc(CN3CCCC(N(C)CC(=O)O)CC3)cc2)n1. The van der Waals surface area contributed by atoms with Gasteiger partial charge in [-0.3, -0.25) is 14.6 Å². The molecule has 1 atom stereocenters. The topological polar surface area (TPSA) is 61.6 Å². The summed E-state index contributed by atoms with van der Waals surface area (Å²) >= 11 is 0. The third-order valence-corrected chi connectivity index (χ3v) is 5.39. The molecule has 146 valence electrons. The van der Waals surface area contributed by atoms with Crippen LogP contribution >= 0.6 is 0 Å². The van der Waals surface area contributed by atoms with Gasteiger partial charge in [0.1, 0.15) is 0 Å². The number of aryl methyl sites for hydroxylation is 2. The molecule has 0 amide bonds. The van der Waals surface area contributed by atoms with Crippen LogP contribution in [0.3, 0.4) is 0 Å². The van der Waals surface area contributed by atoms with Gasteiger partial charge in [0, 0.05) is 18.3 Å². The number of benzene rings is 1. The van der Waals surface area contributed by atoms with Gasteiger partial charge in [0.15, 0.2) is 0 Å². The highest BCUT2D eigenvalue weighted by Gasteiger charge is 2.21. The summed E-state index contributed by atoms with van der Waals surface area (Å²) in [6.45, 7) is 7.22. The van der Waals surface area contributed by atoms with Crippen LogP contribution < -0.4 is 0 Å². The van der Waals surface area contributed by atoms with E-state index in [-0.39, 0.29) is 6.54 Å². The summed E-state index contributed by atoms with van der Waals surface area (Å²) < 4.78 is 1.98. The van der Waals surface area contributed by atoms with Crippen molar-refractivity contribution in [2.24, 2.45) is 0 Å². The third kappa shape index (κ3) is 5.17. The van der Waals surface area contributed by atoms with Gasteiger partial charge < -0.3 is 5.11 Å². The van der Waals surface area contributed by atoms with E-state index in [2.05, 4.69) is 47.3 Å². The van der Waals surface area contributed by atoms with Gasteiger partial charge in [0.2, 0.25) is 0 Å². The van der Waals surface area contributed by atoms with Gasteiger partial charge >= 0.3 is 5.97 Å². The van der Waals surface area contributed by atoms with Gasteiger partial charge in [-0.05, 0) is 77.0 Å². The molecule has 1 unspecified atom stereocenters. The summed E-state index contributed by atoms with van der Waals surface area (Å²) in [7, 11) is 1.92. The molecular weight excluding hydrogens is 340 g/mol. The number of aromatic nitrogens is 2. The first-order valence-electron chi connectivity index (χ1n) is 9.69. The maximum absolute atomic E-state index is 10.9. The largest absolute Gasteiger partial charge is 0.480 e. The molecule has 1 fully saturated rings. The number of nitrogens with zero attached hydrogens (tertiary/aromatic N) is 4. The first-order valence-corrected chi connectivity index (χ1v) is 9.69. The molecule has 0 saturated carbocycles. The molecule has 2 heterocycles. The lowest BCUT2D eigenvalue weighted by Crippen LogP contribution is -2.36. The van der Waals surface area contributed by atoms with Gasteiger partial charge in [0.05, 0.1) is 17.9 Å². The fourth-order valence-electron chi connectivity index (χ4n) is 3.97. The van der Waals surface area contributed by atoms with Gasteiger partial charge in [0.25, 0.3) is 0 Å². The third-order valence-electron chi connectivity index (χ3n) is 5.39. The zero-order valence-corrected chi connectivity index (χ0v) is 16.6. The number of carboxylic acid groups (broad SMARTS) is 1. The van der Waals surface area contributed by atoms with Crippen LogP contribution in [0.1, 0.15) is 36.2 Å². The first-order chi connectivity index (χ1) is 12.9. The fourth-order valence-corrected chi connectivity index (χ4v) is 3.97. The normalized spacial score (nSPS) is 18.6. The molecule has 0 spiro atoms. The maximum Gasteiger partial charge on any atom is 0.317 e. The Labute approximate surface area is 161 Å². The summed E-state index contributed by atoms with van der Waals surface area (Å²) in [6.07, 6.45) is 3.20. The van der Waals surface area contributed by atoms with Crippen LogP contribution in [0.4, 0.5) is 0 Å². The lowest BCUT2D eigenvalue weighted by atomic mass is 10.1. The number of hydrogen-bond donors (Lipinski definition) is 1. The molecule has 27 heavy (non-hydrogen) atoms. The van der Waals surface area contributed by atoms with E-state index in [1.807, 2.05) is 23.6 Å². The molecule has 1 aromatic heterocycles. The number of carbonyl (C=O) groups is 1. The molecule has 0 bridgehead atoms. The second-order valence-electron chi connectivity index (χ2n) is 7.68. The Morgan fingerprint density at radius 3 is 2.59 bits per heavy atom. The summed E-state index contributed by atoms with van der Waals surface area (Å²) in [5.41, 5.74) is 4.57. The summed E-state index contributed by atoms with van der Waals surface area (Å²) in [6, 6.07) is 11.1. The van der Waals surface area contributed by atoms with Crippen molar-refractivity contribution in [2.45, 2.75) is 45.7 Å². The molecule has 6 heteroatoms. The number of rotatable bonds is 6. The van der Waals surface area contributed by atoms with Crippen LogP contribution in [0.15, 0.2) is 30.3 Å². The van der Waals surface area contributed by atoms with E-state index >= 15 is 0 Å². The Morgan fingerprint density at radius 2 is 1.96 bits per heavy atom. The first kappa shape index (κ1) is 19.6. The van der Waals surface area contributed by atoms with E-state index in [0.29, 0.717) is 6.04 Å². The minimum Gasteiger partial charge on any atom is -0.480 e. The standard InChI is InChI=1S/C21H30N4O2/c1-16-13-17(2)25(22-16)20-8-6-18(7-9-20)14-24-11-4-5-19(10-12-24)23(3)15-21(26)27/h6-9,13,19H,4-5,10-12,14-15H2,1-3H3,(H,26,27). The van der Waals surface area contributed by atoms with Crippen molar-refractivity contribution in [1.82, 2.24) is 19.6 Å². The van der Waals surface area contributed by atoms with E-state index in [4.69, 9.17) is 5.11 Å². The molecule has 1 aliphatic heterocycles. The molecule has 0 aliphatic carbocycles. The Balaban J connectivity index is 1.57. The van der Waals surface area contributed by atoms with Gasteiger partial charge in [-0.2, -0.15) is 5.10 Å². The zero-order valence-electron chi connectivity index (χ0n) is 16.6. The lowest BCUT2D eigenvalue weighted by molar-refractivity contribution is -0.138. The Bertz CT molecular complexity index is 769. The summed E-state index contributed by atoms with van der Waals surface area (Å²) in [5, 5.41) is 13.5. The highest BCUT2D eigenvalue weighted by atomic mass is 16.4.